The minimum absolute atomic E-state index is 0.0577. The second kappa shape index (κ2) is 7.46. The minimum atomic E-state index is -0.0577. The fourth-order valence-corrected chi connectivity index (χ4v) is 3.72. The van der Waals surface area contributed by atoms with Crippen LogP contribution in [0.25, 0.3) is 0 Å². The zero-order chi connectivity index (χ0) is 17.1. The molecule has 1 fully saturated rings. The molecular formula is C21H25NO3. The van der Waals surface area contributed by atoms with Crippen molar-refractivity contribution in [2.75, 3.05) is 26.3 Å². The summed E-state index contributed by atoms with van der Waals surface area (Å²) in [6, 6.07) is 16.5. The third-order valence-electron chi connectivity index (χ3n) is 5.13. The van der Waals surface area contributed by atoms with Gasteiger partial charge in [-0.2, -0.15) is 0 Å². The lowest BCUT2D eigenvalue weighted by atomic mass is 9.98. The maximum absolute atomic E-state index is 9.37. The van der Waals surface area contributed by atoms with Gasteiger partial charge in [-0.3, -0.25) is 4.90 Å². The fraction of sp³-hybridized carbons (Fsp3) is 0.429. The van der Waals surface area contributed by atoms with Crippen LogP contribution in [0.3, 0.4) is 0 Å². The summed E-state index contributed by atoms with van der Waals surface area (Å²) < 4.78 is 11.9. The number of aliphatic hydroxyl groups is 1. The van der Waals surface area contributed by atoms with Gasteiger partial charge in [-0.1, -0.05) is 36.4 Å². The van der Waals surface area contributed by atoms with Gasteiger partial charge in [-0.25, -0.2) is 0 Å². The number of likely N-dealkylation sites (tertiary alicyclic amines) is 1. The molecule has 0 bridgehead atoms. The molecule has 2 aliphatic heterocycles. The molecule has 0 saturated carbocycles. The normalized spacial score (nSPS) is 23.4. The Bertz CT molecular complexity index is 701. The summed E-state index contributed by atoms with van der Waals surface area (Å²) in [6.45, 7) is 3.90. The highest BCUT2D eigenvalue weighted by Gasteiger charge is 2.23. The van der Waals surface area contributed by atoms with Crippen LogP contribution in [0.4, 0.5) is 0 Å². The molecule has 0 radical (unpaired) electrons. The van der Waals surface area contributed by atoms with Crippen molar-refractivity contribution in [3.05, 3.63) is 59.7 Å². The lowest BCUT2D eigenvalue weighted by Crippen LogP contribution is -2.36. The minimum Gasteiger partial charge on any atom is -0.485 e. The zero-order valence-corrected chi connectivity index (χ0v) is 14.4. The summed E-state index contributed by atoms with van der Waals surface area (Å²) >= 11 is 0. The molecule has 1 saturated heterocycles. The molecule has 0 aromatic heterocycles. The summed E-state index contributed by atoms with van der Waals surface area (Å²) in [7, 11) is 0. The van der Waals surface area contributed by atoms with Crippen molar-refractivity contribution in [1.82, 2.24) is 4.90 Å². The van der Waals surface area contributed by atoms with E-state index in [1.54, 1.807) is 0 Å². The molecule has 0 aliphatic carbocycles. The topological polar surface area (TPSA) is 41.9 Å². The van der Waals surface area contributed by atoms with Gasteiger partial charge < -0.3 is 14.6 Å². The average molecular weight is 339 g/mol. The number of hydrogen-bond acceptors (Lipinski definition) is 4. The lowest BCUT2D eigenvalue weighted by molar-refractivity contribution is 0.0912. The SMILES string of the molecule is OCC1CCCN(Cc2ccc([C@H]3COc4ccccc4O3)cc2)C1. The largest absolute Gasteiger partial charge is 0.485 e. The summed E-state index contributed by atoms with van der Waals surface area (Å²) in [5.74, 6) is 2.06. The Morgan fingerprint density at radius 1 is 1.04 bits per heavy atom. The van der Waals surface area contributed by atoms with Crippen LogP contribution in [-0.2, 0) is 6.54 Å². The molecule has 4 nitrogen and oxygen atoms in total. The standard InChI is InChI=1S/C21H25NO3/c23-14-17-4-3-11-22(13-17)12-16-7-9-18(10-8-16)21-15-24-19-5-1-2-6-20(19)25-21/h1-2,5-10,17,21,23H,3-4,11-15H2/t17?,21-/m1/s1. The van der Waals surface area contributed by atoms with E-state index >= 15 is 0 Å². The molecule has 2 aromatic carbocycles. The van der Waals surface area contributed by atoms with Crippen LogP contribution in [0, 0.1) is 5.92 Å². The fourth-order valence-electron chi connectivity index (χ4n) is 3.72. The number of piperidine rings is 1. The highest BCUT2D eigenvalue weighted by Crippen LogP contribution is 2.35. The van der Waals surface area contributed by atoms with Crippen molar-refractivity contribution in [1.29, 1.82) is 0 Å². The highest BCUT2D eigenvalue weighted by atomic mass is 16.6. The quantitative estimate of drug-likeness (QED) is 0.927. The monoisotopic (exact) mass is 339 g/mol. The maximum atomic E-state index is 9.37. The van der Waals surface area contributed by atoms with E-state index in [2.05, 4.69) is 29.2 Å². The third kappa shape index (κ3) is 3.80. The van der Waals surface area contributed by atoms with Gasteiger partial charge in [0.15, 0.2) is 17.6 Å². The first-order valence-electron chi connectivity index (χ1n) is 9.12. The van der Waals surface area contributed by atoms with Gasteiger partial charge in [0.1, 0.15) is 6.61 Å². The number of aliphatic hydroxyl groups excluding tert-OH is 1. The van der Waals surface area contributed by atoms with Crippen molar-refractivity contribution in [2.45, 2.75) is 25.5 Å². The van der Waals surface area contributed by atoms with E-state index < -0.39 is 0 Å². The average Bonchev–Trinajstić information content (AvgIpc) is 2.68. The molecule has 0 spiro atoms. The van der Waals surface area contributed by atoms with E-state index in [1.807, 2.05) is 24.3 Å². The summed E-state index contributed by atoms with van der Waals surface area (Å²) in [5, 5.41) is 9.37. The Balaban J connectivity index is 1.39. The van der Waals surface area contributed by atoms with E-state index in [1.165, 1.54) is 12.0 Å². The first kappa shape index (κ1) is 16.4. The van der Waals surface area contributed by atoms with Gasteiger partial charge in [0.05, 0.1) is 0 Å². The molecule has 2 aliphatic rings. The first-order valence-corrected chi connectivity index (χ1v) is 9.12. The van der Waals surface area contributed by atoms with Crippen LogP contribution in [0.2, 0.25) is 0 Å². The molecule has 1 unspecified atom stereocenters. The van der Waals surface area contributed by atoms with Crippen LogP contribution in [0.5, 0.6) is 11.5 Å². The van der Waals surface area contributed by atoms with Crippen LogP contribution in [-0.4, -0.2) is 36.3 Å². The molecule has 2 atom stereocenters. The van der Waals surface area contributed by atoms with Gasteiger partial charge in [0, 0.05) is 19.7 Å². The van der Waals surface area contributed by atoms with Crippen molar-refractivity contribution < 1.29 is 14.6 Å². The van der Waals surface area contributed by atoms with Gasteiger partial charge >= 0.3 is 0 Å². The summed E-state index contributed by atoms with van der Waals surface area (Å²) in [4.78, 5) is 2.44. The third-order valence-corrected chi connectivity index (χ3v) is 5.13. The second-order valence-electron chi connectivity index (χ2n) is 7.03. The van der Waals surface area contributed by atoms with Gasteiger partial charge in [-0.15, -0.1) is 0 Å². The number of rotatable bonds is 4. The molecule has 25 heavy (non-hydrogen) atoms. The van der Waals surface area contributed by atoms with Crippen molar-refractivity contribution in [3.8, 4) is 11.5 Å². The highest BCUT2D eigenvalue weighted by molar-refractivity contribution is 5.41. The molecule has 1 N–H and O–H groups in total. The van der Waals surface area contributed by atoms with E-state index in [9.17, 15) is 5.11 Å². The zero-order valence-electron chi connectivity index (χ0n) is 14.4. The Hall–Kier alpha value is -2.04. The van der Waals surface area contributed by atoms with Gasteiger partial charge in [0.25, 0.3) is 0 Å². The van der Waals surface area contributed by atoms with Crippen LogP contribution in [0.15, 0.2) is 48.5 Å². The van der Waals surface area contributed by atoms with Crippen molar-refractivity contribution >= 4 is 0 Å². The predicted octanol–water partition coefficient (Wildman–Crippen LogP) is 3.40. The van der Waals surface area contributed by atoms with Gasteiger partial charge in [-0.05, 0) is 48.6 Å². The van der Waals surface area contributed by atoms with E-state index in [0.29, 0.717) is 19.1 Å². The number of ether oxygens (including phenoxy) is 2. The molecule has 4 heteroatoms. The number of para-hydroxylation sites is 2. The van der Waals surface area contributed by atoms with Gasteiger partial charge in [0.2, 0.25) is 0 Å². The summed E-state index contributed by atoms with van der Waals surface area (Å²) in [6.07, 6.45) is 2.26. The molecular weight excluding hydrogens is 314 g/mol. The molecule has 132 valence electrons. The number of hydrogen-bond donors (Lipinski definition) is 1. The Kier molecular flexibility index (Phi) is 4.90. The van der Waals surface area contributed by atoms with Crippen LogP contribution in [0.1, 0.15) is 30.1 Å². The predicted molar refractivity (Wildman–Crippen MR) is 96.8 cm³/mol. The second-order valence-corrected chi connectivity index (χ2v) is 7.03. The molecule has 4 rings (SSSR count). The molecule has 2 heterocycles. The Morgan fingerprint density at radius 3 is 2.64 bits per heavy atom. The number of nitrogens with zero attached hydrogens (tertiary/aromatic N) is 1. The van der Waals surface area contributed by atoms with Crippen molar-refractivity contribution in [3.63, 3.8) is 0 Å². The van der Waals surface area contributed by atoms with E-state index in [-0.39, 0.29) is 6.10 Å². The van der Waals surface area contributed by atoms with E-state index in [0.717, 1.165) is 43.1 Å². The van der Waals surface area contributed by atoms with E-state index in [4.69, 9.17) is 9.47 Å². The Labute approximate surface area is 149 Å². The number of benzene rings is 2. The smallest absolute Gasteiger partial charge is 0.162 e. The maximum Gasteiger partial charge on any atom is 0.162 e. The molecule has 0 amide bonds. The number of fused-ring (bicyclic) bond motifs is 1. The van der Waals surface area contributed by atoms with Crippen LogP contribution >= 0.6 is 0 Å². The first-order chi connectivity index (χ1) is 12.3. The summed E-state index contributed by atoms with van der Waals surface area (Å²) in [5.41, 5.74) is 2.45. The Morgan fingerprint density at radius 2 is 1.84 bits per heavy atom. The van der Waals surface area contributed by atoms with Crippen molar-refractivity contribution in [2.24, 2.45) is 5.92 Å². The molecule has 2 aromatic rings. The van der Waals surface area contributed by atoms with Crippen LogP contribution < -0.4 is 9.47 Å². The lowest BCUT2D eigenvalue weighted by Gasteiger charge is -2.32.